The van der Waals surface area contributed by atoms with Crippen LogP contribution in [0.1, 0.15) is 13.3 Å². The van der Waals surface area contributed by atoms with E-state index in [1.165, 1.54) is 0 Å². The van der Waals surface area contributed by atoms with Gasteiger partial charge in [-0.2, -0.15) is 0 Å². The van der Waals surface area contributed by atoms with Crippen molar-refractivity contribution in [3.63, 3.8) is 0 Å². The Morgan fingerprint density at radius 2 is 2.12 bits per heavy atom. The standard InChI is InChI=1S/C13H17BrO2/c1-11(2)6-7-15-8-9-16-13-5-3-4-12(14)10-13/h3-5,10H,1,6-9H2,2H3. The second kappa shape index (κ2) is 7.47. The molecule has 0 amide bonds. The van der Waals surface area contributed by atoms with E-state index in [0.29, 0.717) is 13.2 Å². The molecule has 16 heavy (non-hydrogen) atoms. The molecule has 3 heteroatoms. The van der Waals surface area contributed by atoms with Crippen LogP contribution >= 0.6 is 15.9 Å². The topological polar surface area (TPSA) is 18.5 Å². The largest absolute Gasteiger partial charge is 0.491 e. The molecule has 0 saturated heterocycles. The van der Waals surface area contributed by atoms with Crippen LogP contribution in [0.3, 0.4) is 0 Å². The van der Waals surface area contributed by atoms with Gasteiger partial charge in [-0.25, -0.2) is 0 Å². The summed E-state index contributed by atoms with van der Waals surface area (Å²) in [5.74, 6) is 0.859. The highest BCUT2D eigenvalue weighted by Gasteiger charge is 1.94. The molecule has 1 aromatic carbocycles. The lowest BCUT2D eigenvalue weighted by molar-refractivity contribution is 0.102. The first-order valence-corrected chi connectivity index (χ1v) is 6.08. The first-order valence-electron chi connectivity index (χ1n) is 5.29. The molecule has 0 N–H and O–H groups in total. The molecule has 0 aliphatic heterocycles. The fourth-order valence-corrected chi connectivity index (χ4v) is 1.50. The van der Waals surface area contributed by atoms with Crippen LogP contribution in [0.5, 0.6) is 5.75 Å². The molecule has 0 aliphatic carbocycles. The zero-order valence-electron chi connectivity index (χ0n) is 9.54. The minimum atomic E-state index is 0.576. The van der Waals surface area contributed by atoms with Crippen molar-refractivity contribution in [1.82, 2.24) is 0 Å². The first kappa shape index (κ1) is 13.3. The average molecular weight is 285 g/mol. The van der Waals surface area contributed by atoms with Gasteiger partial charge in [0.1, 0.15) is 12.4 Å². The molecule has 0 radical (unpaired) electrons. The Bertz CT molecular complexity index is 336. The molecule has 0 atom stereocenters. The lowest BCUT2D eigenvalue weighted by Gasteiger charge is -2.07. The summed E-state index contributed by atoms with van der Waals surface area (Å²) in [6.07, 6.45) is 0.914. The Morgan fingerprint density at radius 3 is 2.81 bits per heavy atom. The van der Waals surface area contributed by atoms with E-state index in [0.717, 1.165) is 28.8 Å². The van der Waals surface area contributed by atoms with Gasteiger partial charge in [-0.3, -0.25) is 0 Å². The minimum Gasteiger partial charge on any atom is -0.491 e. The lowest BCUT2D eigenvalue weighted by atomic mass is 10.3. The van der Waals surface area contributed by atoms with E-state index in [2.05, 4.69) is 22.5 Å². The molecular weight excluding hydrogens is 268 g/mol. The molecule has 0 heterocycles. The number of ether oxygens (including phenoxy) is 2. The van der Waals surface area contributed by atoms with Gasteiger partial charge in [0.25, 0.3) is 0 Å². The van der Waals surface area contributed by atoms with Gasteiger partial charge in [0.15, 0.2) is 0 Å². The maximum atomic E-state index is 5.52. The third-order valence-electron chi connectivity index (χ3n) is 1.97. The average Bonchev–Trinajstić information content (AvgIpc) is 2.23. The zero-order valence-corrected chi connectivity index (χ0v) is 11.1. The predicted octanol–water partition coefficient (Wildman–Crippen LogP) is 3.81. The van der Waals surface area contributed by atoms with Crippen LogP contribution in [0.25, 0.3) is 0 Å². The molecule has 0 saturated carbocycles. The van der Waals surface area contributed by atoms with Crippen molar-refractivity contribution in [2.75, 3.05) is 19.8 Å². The summed E-state index contributed by atoms with van der Waals surface area (Å²) in [5.41, 5.74) is 1.15. The molecule has 0 fully saturated rings. The smallest absolute Gasteiger partial charge is 0.120 e. The van der Waals surface area contributed by atoms with E-state index < -0.39 is 0 Å². The summed E-state index contributed by atoms with van der Waals surface area (Å²) in [6.45, 7) is 7.72. The highest BCUT2D eigenvalue weighted by molar-refractivity contribution is 9.10. The second-order valence-corrected chi connectivity index (χ2v) is 4.54. The number of benzene rings is 1. The fraction of sp³-hybridized carbons (Fsp3) is 0.385. The van der Waals surface area contributed by atoms with Gasteiger partial charge in [-0.15, -0.1) is 6.58 Å². The van der Waals surface area contributed by atoms with Crippen LogP contribution in [0, 0.1) is 0 Å². The van der Waals surface area contributed by atoms with E-state index in [4.69, 9.17) is 9.47 Å². The van der Waals surface area contributed by atoms with Gasteiger partial charge >= 0.3 is 0 Å². The summed E-state index contributed by atoms with van der Waals surface area (Å²) >= 11 is 3.39. The van der Waals surface area contributed by atoms with Crippen LogP contribution in [0.15, 0.2) is 40.9 Å². The van der Waals surface area contributed by atoms with Crippen LogP contribution in [-0.4, -0.2) is 19.8 Å². The lowest BCUT2D eigenvalue weighted by Crippen LogP contribution is -2.07. The van der Waals surface area contributed by atoms with Crippen LogP contribution in [0.2, 0.25) is 0 Å². The SMILES string of the molecule is C=C(C)CCOCCOc1cccc(Br)c1. The van der Waals surface area contributed by atoms with E-state index in [-0.39, 0.29) is 0 Å². The van der Waals surface area contributed by atoms with E-state index >= 15 is 0 Å². The van der Waals surface area contributed by atoms with Gasteiger partial charge in [0.05, 0.1) is 13.2 Å². The maximum Gasteiger partial charge on any atom is 0.120 e. The van der Waals surface area contributed by atoms with E-state index in [9.17, 15) is 0 Å². The Hall–Kier alpha value is -0.800. The van der Waals surface area contributed by atoms with Crippen molar-refractivity contribution in [3.05, 3.63) is 40.9 Å². The fourth-order valence-electron chi connectivity index (χ4n) is 1.12. The molecule has 1 aromatic rings. The van der Waals surface area contributed by atoms with Crippen LogP contribution in [0.4, 0.5) is 0 Å². The van der Waals surface area contributed by atoms with Crippen molar-refractivity contribution in [3.8, 4) is 5.75 Å². The number of halogens is 1. The Kier molecular flexibility index (Phi) is 6.19. The molecule has 0 aliphatic rings. The molecule has 0 unspecified atom stereocenters. The Balaban J connectivity index is 2.09. The number of hydrogen-bond donors (Lipinski definition) is 0. The summed E-state index contributed by atoms with van der Waals surface area (Å²) in [7, 11) is 0. The molecule has 0 bridgehead atoms. The van der Waals surface area contributed by atoms with Gasteiger partial charge in [0.2, 0.25) is 0 Å². The molecule has 2 nitrogen and oxygen atoms in total. The van der Waals surface area contributed by atoms with E-state index in [1.807, 2.05) is 31.2 Å². The van der Waals surface area contributed by atoms with Crippen molar-refractivity contribution in [2.24, 2.45) is 0 Å². The first-order chi connectivity index (χ1) is 7.68. The van der Waals surface area contributed by atoms with Crippen molar-refractivity contribution >= 4 is 15.9 Å². The predicted molar refractivity (Wildman–Crippen MR) is 69.9 cm³/mol. The molecule has 0 spiro atoms. The maximum absolute atomic E-state index is 5.52. The zero-order chi connectivity index (χ0) is 11.8. The van der Waals surface area contributed by atoms with Crippen molar-refractivity contribution in [2.45, 2.75) is 13.3 Å². The highest BCUT2D eigenvalue weighted by atomic mass is 79.9. The van der Waals surface area contributed by atoms with Gasteiger partial charge in [-0.05, 0) is 31.5 Å². The molecular formula is C13H17BrO2. The summed E-state index contributed by atoms with van der Waals surface area (Å²) in [4.78, 5) is 0. The third-order valence-corrected chi connectivity index (χ3v) is 2.46. The summed E-state index contributed by atoms with van der Waals surface area (Å²) in [5, 5.41) is 0. The van der Waals surface area contributed by atoms with E-state index in [1.54, 1.807) is 0 Å². The molecule has 0 aromatic heterocycles. The van der Waals surface area contributed by atoms with Crippen LogP contribution in [-0.2, 0) is 4.74 Å². The van der Waals surface area contributed by atoms with Crippen molar-refractivity contribution in [1.29, 1.82) is 0 Å². The van der Waals surface area contributed by atoms with Gasteiger partial charge in [-0.1, -0.05) is 27.6 Å². The van der Waals surface area contributed by atoms with Gasteiger partial charge in [0, 0.05) is 4.47 Å². The molecule has 1 rings (SSSR count). The summed E-state index contributed by atoms with van der Waals surface area (Å²) in [6, 6.07) is 7.78. The van der Waals surface area contributed by atoms with Gasteiger partial charge < -0.3 is 9.47 Å². The third kappa shape index (κ3) is 5.93. The van der Waals surface area contributed by atoms with Crippen LogP contribution < -0.4 is 4.74 Å². The minimum absolute atomic E-state index is 0.576. The summed E-state index contributed by atoms with van der Waals surface area (Å²) < 4.78 is 11.9. The second-order valence-electron chi connectivity index (χ2n) is 3.63. The number of hydrogen-bond acceptors (Lipinski definition) is 2. The number of rotatable bonds is 7. The van der Waals surface area contributed by atoms with Crippen molar-refractivity contribution < 1.29 is 9.47 Å². The Labute approximate surface area is 105 Å². The highest BCUT2D eigenvalue weighted by Crippen LogP contribution is 2.17. The Morgan fingerprint density at radius 1 is 1.31 bits per heavy atom. The molecule has 88 valence electrons. The quantitative estimate of drug-likeness (QED) is 0.560. The normalized spacial score (nSPS) is 10.1. The monoisotopic (exact) mass is 284 g/mol.